The summed E-state index contributed by atoms with van der Waals surface area (Å²) in [4.78, 5) is 7.58. The molecule has 0 radical (unpaired) electrons. The van der Waals surface area contributed by atoms with Crippen molar-refractivity contribution in [1.82, 2.24) is 15.6 Å². The summed E-state index contributed by atoms with van der Waals surface area (Å²) in [6.45, 7) is 1.54. The summed E-state index contributed by atoms with van der Waals surface area (Å²) in [5.74, 6) is 2.26. The van der Waals surface area contributed by atoms with Gasteiger partial charge in [-0.2, -0.15) is 0 Å². The number of hydrogen-bond acceptors (Lipinski definition) is 3. The van der Waals surface area contributed by atoms with Gasteiger partial charge in [0.2, 0.25) is 0 Å². The minimum Gasteiger partial charge on any atom is -0.493 e. The molecule has 0 fully saturated rings. The van der Waals surface area contributed by atoms with Crippen LogP contribution in [0, 0.1) is 0 Å². The van der Waals surface area contributed by atoms with Gasteiger partial charge in [0.25, 0.3) is 0 Å². The number of ether oxygens (including phenoxy) is 2. The molecule has 0 aliphatic heterocycles. The molecule has 0 unspecified atom stereocenters. The molecule has 29 heavy (non-hydrogen) atoms. The Morgan fingerprint density at radius 3 is 2.48 bits per heavy atom. The number of benzene rings is 2. The van der Waals surface area contributed by atoms with E-state index in [1.807, 2.05) is 42.6 Å². The monoisotopic (exact) mass is 414 g/mol. The van der Waals surface area contributed by atoms with E-state index in [1.54, 1.807) is 21.3 Å². The Morgan fingerprint density at radius 2 is 1.76 bits per heavy atom. The molecule has 1 heterocycles. The number of H-pyrrole nitrogens is 1. The van der Waals surface area contributed by atoms with E-state index >= 15 is 0 Å². The normalized spacial score (nSPS) is 11.5. The van der Waals surface area contributed by atoms with Crippen LogP contribution in [0.25, 0.3) is 10.9 Å². The molecule has 0 aliphatic rings. The average molecular weight is 415 g/mol. The molecule has 1 aromatic heterocycles. The largest absolute Gasteiger partial charge is 0.493 e. The van der Waals surface area contributed by atoms with Gasteiger partial charge >= 0.3 is 0 Å². The molecule has 0 atom stereocenters. The van der Waals surface area contributed by atoms with Crippen LogP contribution in [0.2, 0.25) is 5.02 Å². The smallest absolute Gasteiger partial charge is 0.190 e. The van der Waals surface area contributed by atoms with E-state index in [-0.39, 0.29) is 0 Å². The van der Waals surface area contributed by atoms with Crippen molar-refractivity contribution in [3.63, 3.8) is 0 Å². The lowest BCUT2D eigenvalue weighted by molar-refractivity contribution is 0.354. The number of rotatable bonds is 8. The second-order valence-corrected chi connectivity index (χ2v) is 7.06. The van der Waals surface area contributed by atoms with Gasteiger partial charge in [-0.05, 0) is 54.3 Å². The van der Waals surface area contributed by atoms with Gasteiger partial charge in [0.1, 0.15) is 0 Å². The van der Waals surface area contributed by atoms with Crippen molar-refractivity contribution in [2.75, 3.05) is 34.4 Å². The molecule has 3 N–H and O–H groups in total. The number of nitrogens with one attached hydrogen (secondary N) is 3. The van der Waals surface area contributed by atoms with Crippen LogP contribution in [0.5, 0.6) is 11.5 Å². The lowest BCUT2D eigenvalue weighted by Crippen LogP contribution is -2.39. The molecule has 2 aromatic carbocycles. The maximum atomic E-state index is 6.12. The highest BCUT2D eigenvalue weighted by atomic mass is 35.5. The number of aromatic nitrogens is 1. The molecule has 6 nitrogen and oxygen atoms in total. The van der Waals surface area contributed by atoms with Crippen LogP contribution in [0.15, 0.2) is 47.6 Å². The standard InChI is InChI=1S/C22H27ClN4O2/c1-24-22(25-10-8-15-4-7-20(28-2)21(12-15)29-3)26-11-9-16-14-27-19-6-5-17(23)13-18(16)19/h4-7,12-14,27H,8-11H2,1-3H3,(H2,24,25,26). The Kier molecular flexibility index (Phi) is 7.25. The lowest BCUT2D eigenvalue weighted by atomic mass is 10.1. The van der Waals surface area contributed by atoms with E-state index in [0.29, 0.717) is 0 Å². The fourth-order valence-electron chi connectivity index (χ4n) is 3.26. The average Bonchev–Trinajstić information content (AvgIpc) is 3.14. The summed E-state index contributed by atoms with van der Waals surface area (Å²) in [7, 11) is 5.06. The minimum absolute atomic E-state index is 0.736. The quantitative estimate of drug-likeness (QED) is 0.387. The number of guanidine groups is 1. The number of halogens is 1. The van der Waals surface area contributed by atoms with Gasteiger partial charge in [-0.3, -0.25) is 4.99 Å². The van der Waals surface area contributed by atoms with Gasteiger partial charge in [-0.15, -0.1) is 0 Å². The molecule has 0 saturated carbocycles. The Balaban J connectivity index is 1.48. The zero-order chi connectivity index (χ0) is 20.6. The van der Waals surface area contributed by atoms with Crippen molar-refractivity contribution in [3.05, 3.63) is 58.7 Å². The van der Waals surface area contributed by atoms with Crippen LogP contribution in [-0.2, 0) is 12.8 Å². The van der Waals surface area contributed by atoms with Crippen LogP contribution in [0.4, 0.5) is 0 Å². The zero-order valence-electron chi connectivity index (χ0n) is 17.0. The minimum atomic E-state index is 0.736. The fraction of sp³-hybridized carbons (Fsp3) is 0.318. The van der Waals surface area contributed by atoms with Crippen molar-refractivity contribution in [2.45, 2.75) is 12.8 Å². The maximum absolute atomic E-state index is 6.12. The summed E-state index contributed by atoms with van der Waals surface area (Å²) < 4.78 is 10.6. The maximum Gasteiger partial charge on any atom is 0.190 e. The molecule has 7 heteroatoms. The van der Waals surface area contributed by atoms with E-state index in [0.717, 1.165) is 59.3 Å². The highest BCUT2D eigenvalue weighted by molar-refractivity contribution is 6.31. The fourth-order valence-corrected chi connectivity index (χ4v) is 3.43. The number of nitrogens with zero attached hydrogens (tertiary/aromatic N) is 1. The van der Waals surface area contributed by atoms with Gasteiger partial charge in [0, 0.05) is 42.3 Å². The first-order chi connectivity index (χ1) is 14.1. The summed E-state index contributed by atoms with van der Waals surface area (Å²) in [6.07, 6.45) is 3.76. The summed E-state index contributed by atoms with van der Waals surface area (Å²) in [5, 5.41) is 8.62. The van der Waals surface area contributed by atoms with Gasteiger partial charge in [0.15, 0.2) is 17.5 Å². The Morgan fingerprint density at radius 1 is 1.00 bits per heavy atom. The SMILES string of the molecule is CN=C(NCCc1ccc(OC)c(OC)c1)NCCc1c[nH]c2ccc(Cl)cc12. The van der Waals surface area contributed by atoms with Crippen LogP contribution < -0.4 is 20.1 Å². The lowest BCUT2D eigenvalue weighted by Gasteiger charge is -2.13. The van der Waals surface area contributed by atoms with E-state index in [1.165, 1.54) is 11.1 Å². The number of methoxy groups -OCH3 is 2. The van der Waals surface area contributed by atoms with E-state index in [9.17, 15) is 0 Å². The summed E-state index contributed by atoms with van der Waals surface area (Å²) in [5.41, 5.74) is 3.50. The molecule has 0 spiro atoms. The van der Waals surface area contributed by atoms with E-state index < -0.39 is 0 Å². The second-order valence-electron chi connectivity index (χ2n) is 6.62. The third kappa shape index (κ3) is 5.35. The van der Waals surface area contributed by atoms with Gasteiger partial charge in [0.05, 0.1) is 14.2 Å². The highest BCUT2D eigenvalue weighted by Crippen LogP contribution is 2.27. The van der Waals surface area contributed by atoms with Gasteiger partial charge in [-0.25, -0.2) is 0 Å². The van der Waals surface area contributed by atoms with Crippen LogP contribution in [-0.4, -0.2) is 45.3 Å². The molecule has 0 bridgehead atoms. The van der Waals surface area contributed by atoms with Crippen LogP contribution in [0.3, 0.4) is 0 Å². The second kappa shape index (κ2) is 10.1. The Labute approximate surface area is 176 Å². The number of fused-ring (bicyclic) bond motifs is 1. The third-order valence-corrected chi connectivity index (χ3v) is 5.03. The van der Waals surface area contributed by atoms with Crippen molar-refractivity contribution in [1.29, 1.82) is 0 Å². The van der Waals surface area contributed by atoms with Crippen LogP contribution >= 0.6 is 11.6 Å². The van der Waals surface area contributed by atoms with Crippen molar-refractivity contribution < 1.29 is 9.47 Å². The Hall–Kier alpha value is -2.86. The highest BCUT2D eigenvalue weighted by Gasteiger charge is 2.06. The molecule has 154 valence electrons. The number of aliphatic imine (C=N–C) groups is 1. The first-order valence-electron chi connectivity index (χ1n) is 9.55. The van der Waals surface area contributed by atoms with Crippen molar-refractivity contribution in [3.8, 4) is 11.5 Å². The van der Waals surface area contributed by atoms with Gasteiger partial charge < -0.3 is 25.1 Å². The number of aromatic amines is 1. The molecular weight excluding hydrogens is 388 g/mol. The van der Waals surface area contributed by atoms with Crippen LogP contribution in [0.1, 0.15) is 11.1 Å². The molecule has 3 aromatic rings. The van der Waals surface area contributed by atoms with E-state index in [4.69, 9.17) is 21.1 Å². The Bertz CT molecular complexity index is 984. The van der Waals surface area contributed by atoms with E-state index in [2.05, 4.69) is 20.6 Å². The van der Waals surface area contributed by atoms with Gasteiger partial charge in [-0.1, -0.05) is 17.7 Å². The molecule has 0 amide bonds. The third-order valence-electron chi connectivity index (χ3n) is 4.79. The number of hydrogen-bond donors (Lipinski definition) is 3. The molecule has 0 saturated heterocycles. The zero-order valence-corrected chi connectivity index (χ0v) is 17.8. The predicted octanol–water partition coefficient (Wildman–Crippen LogP) is 3.79. The topological polar surface area (TPSA) is 70.7 Å². The summed E-state index contributed by atoms with van der Waals surface area (Å²) in [6, 6.07) is 11.9. The first-order valence-corrected chi connectivity index (χ1v) is 9.93. The first kappa shape index (κ1) is 20.9. The predicted molar refractivity (Wildman–Crippen MR) is 120 cm³/mol. The summed E-state index contributed by atoms with van der Waals surface area (Å²) >= 11 is 6.12. The molecule has 0 aliphatic carbocycles. The van der Waals surface area contributed by atoms with Crippen molar-refractivity contribution in [2.24, 2.45) is 4.99 Å². The molecular formula is C22H27ClN4O2. The van der Waals surface area contributed by atoms with Crippen molar-refractivity contribution >= 4 is 28.5 Å². The molecule has 3 rings (SSSR count).